The second-order valence-electron chi connectivity index (χ2n) is 4.03. The summed E-state index contributed by atoms with van der Waals surface area (Å²) in [4.78, 5) is 37.3. The first-order valence-electron chi connectivity index (χ1n) is 5.63. The van der Waals surface area contributed by atoms with E-state index < -0.39 is 17.1 Å². The van der Waals surface area contributed by atoms with Gasteiger partial charge in [0.15, 0.2) is 5.17 Å². The number of hydrogen-bond donors (Lipinski definition) is 3. The zero-order valence-corrected chi connectivity index (χ0v) is 11.0. The van der Waals surface area contributed by atoms with Gasteiger partial charge in [-0.15, -0.1) is 0 Å². The summed E-state index contributed by atoms with van der Waals surface area (Å²) < 4.78 is 0. The number of hydrogen-bond acceptors (Lipinski definition) is 5. The fraction of sp³-hybridized carbons (Fsp3) is 0.167. The van der Waals surface area contributed by atoms with Crippen LogP contribution in [0.3, 0.4) is 0 Å². The quantitative estimate of drug-likeness (QED) is 0.750. The van der Waals surface area contributed by atoms with Crippen LogP contribution in [0.1, 0.15) is 16.8 Å². The fourth-order valence-corrected chi connectivity index (χ4v) is 2.43. The SMILES string of the molecule is NC1=NC(=O)[C@H](CC(=O)Nc2ccc(C(=O)O)cc2)S1. The van der Waals surface area contributed by atoms with Crippen LogP contribution in [0.5, 0.6) is 0 Å². The molecular formula is C12H11N3O4S. The van der Waals surface area contributed by atoms with E-state index in [1.807, 2.05) is 0 Å². The van der Waals surface area contributed by atoms with Crippen molar-refractivity contribution in [3.63, 3.8) is 0 Å². The molecule has 2 rings (SSSR count). The summed E-state index contributed by atoms with van der Waals surface area (Å²) in [5.74, 6) is -1.81. The van der Waals surface area contributed by atoms with Gasteiger partial charge in [0.2, 0.25) is 5.91 Å². The van der Waals surface area contributed by atoms with Crippen molar-refractivity contribution in [3.8, 4) is 0 Å². The molecule has 20 heavy (non-hydrogen) atoms. The van der Waals surface area contributed by atoms with Gasteiger partial charge in [-0.2, -0.15) is 4.99 Å². The van der Waals surface area contributed by atoms with Crippen LogP contribution >= 0.6 is 11.8 Å². The number of nitrogens with zero attached hydrogens (tertiary/aromatic N) is 1. The van der Waals surface area contributed by atoms with Crippen LogP contribution in [0.15, 0.2) is 29.3 Å². The first-order chi connectivity index (χ1) is 9.45. The molecular weight excluding hydrogens is 282 g/mol. The van der Waals surface area contributed by atoms with E-state index in [0.29, 0.717) is 5.69 Å². The Labute approximate surface area is 118 Å². The van der Waals surface area contributed by atoms with Crippen molar-refractivity contribution in [2.24, 2.45) is 10.7 Å². The van der Waals surface area contributed by atoms with Gasteiger partial charge in [0.1, 0.15) is 5.25 Å². The molecule has 0 aliphatic carbocycles. The molecule has 7 nitrogen and oxygen atoms in total. The lowest BCUT2D eigenvalue weighted by atomic mass is 10.2. The molecule has 2 amide bonds. The predicted octanol–water partition coefficient (Wildman–Crippen LogP) is 0.670. The van der Waals surface area contributed by atoms with Gasteiger partial charge in [0, 0.05) is 12.1 Å². The number of nitrogens with two attached hydrogens (primary N) is 1. The van der Waals surface area contributed by atoms with E-state index in [-0.39, 0.29) is 23.1 Å². The van der Waals surface area contributed by atoms with E-state index in [4.69, 9.17) is 10.8 Å². The third-order valence-corrected chi connectivity index (χ3v) is 3.53. The number of nitrogens with one attached hydrogen (secondary N) is 1. The maximum absolute atomic E-state index is 11.8. The van der Waals surface area contributed by atoms with Crippen molar-refractivity contribution >= 4 is 40.4 Å². The molecule has 1 heterocycles. The molecule has 1 aliphatic rings. The van der Waals surface area contributed by atoms with E-state index in [0.717, 1.165) is 11.8 Å². The highest BCUT2D eigenvalue weighted by Crippen LogP contribution is 2.23. The first-order valence-corrected chi connectivity index (χ1v) is 6.51. The van der Waals surface area contributed by atoms with Crippen molar-refractivity contribution in [2.45, 2.75) is 11.7 Å². The van der Waals surface area contributed by atoms with Crippen molar-refractivity contribution in [3.05, 3.63) is 29.8 Å². The van der Waals surface area contributed by atoms with E-state index in [9.17, 15) is 14.4 Å². The molecule has 0 aromatic heterocycles. The summed E-state index contributed by atoms with van der Waals surface area (Å²) in [6.45, 7) is 0. The Kier molecular flexibility index (Phi) is 4.04. The number of carbonyl (C=O) groups is 3. The van der Waals surface area contributed by atoms with Crippen LogP contribution < -0.4 is 11.1 Å². The second-order valence-corrected chi connectivity index (χ2v) is 5.25. The van der Waals surface area contributed by atoms with Gasteiger partial charge >= 0.3 is 5.97 Å². The average molecular weight is 293 g/mol. The van der Waals surface area contributed by atoms with Crippen LogP contribution in [0, 0.1) is 0 Å². The lowest BCUT2D eigenvalue weighted by Gasteiger charge is -2.08. The Bertz CT molecular complexity index is 597. The van der Waals surface area contributed by atoms with E-state index >= 15 is 0 Å². The molecule has 4 N–H and O–H groups in total. The maximum atomic E-state index is 11.8. The highest BCUT2D eigenvalue weighted by molar-refractivity contribution is 8.15. The largest absolute Gasteiger partial charge is 0.478 e. The Hall–Kier alpha value is -2.35. The van der Waals surface area contributed by atoms with Crippen molar-refractivity contribution in [1.29, 1.82) is 0 Å². The molecule has 1 aromatic rings. The van der Waals surface area contributed by atoms with Crippen LogP contribution in [-0.4, -0.2) is 33.3 Å². The molecule has 0 spiro atoms. The van der Waals surface area contributed by atoms with Crippen LogP contribution in [0.4, 0.5) is 5.69 Å². The molecule has 1 atom stereocenters. The number of amidine groups is 1. The molecule has 0 saturated heterocycles. The van der Waals surface area contributed by atoms with Gasteiger partial charge in [-0.25, -0.2) is 4.79 Å². The summed E-state index contributed by atoms with van der Waals surface area (Å²) in [6.07, 6.45) is -0.0334. The zero-order chi connectivity index (χ0) is 14.7. The maximum Gasteiger partial charge on any atom is 0.335 e. The highest BCUT2D eigenvalue weighted by Gasteiger charge is 2.29. The number of benzene rings is 1. The van der Waals surface area contributed by atoms with Crippen molar-refractivity contribution in [2.75, 3.05) is 5.32 Å². The van der Waals surface area contributed by atoms with Crippen LogP contribution in [-0.2, 0) is 9.59 Å². The van der Waals surface area contributed by atoms with Crippen LogP contribution in [0.2, 0.25) is 0 Å². The summed E-state index contributed by atoms with van der Waals surface area (Å²) in [5, 5.41) is 10.9. The minimum absolute atomic E-state index is 0.0334. The minimum atomic E-state index is -1.04. The van der Waals surface area contributed by atoms with E-state index in [2.05, 4.69) is 10.3 Å². The summed E-state index contributed by atoms with van der Waals surface area (Å²) in [6, 6.07) is 5.73. The number of thioether (sulfide) groups is 1. The minimum Gasteiger partial charge on any atom is -0.478 e. The van der Waals surface area contributed by atoms with Crippen LogP contribution in [0.25, 0.3) is 0 Å². The van der Waals surface area contributed by atoms with Gasteiger partial charge < -0.3 is 16.2 Å². The monoisotopic (exact) mass is 293 g/mol. The van der Waals surface area contributed by atoms with Crippen molar-refractivity contribution < 1.29 is 19.5 Å². The van der Waals surface area contributed by atoms with Crippen molar-refractivity contribution in [1.82, 2.24) is 0 Å². The molecule has 1 aromatic carbocycles. The summed E-state index contributed by atoms with van der Waals surface area (Å²) >= 11 is 1.06. The number of carbonyl (C=O) groups excluding carboxylic acids is 2. The number of carboxylic acid groups (broad SMARTS) is 1. The lowest BCUT2D eigenvalue weighted by molar-refractivity contribution is -0.121. The Balaban J connectivity index is 1.92. The topological polar surface area (TPSA) is 122 Å². The Morgan fingerprint density at radius 1 is 1.35 bits per heavy atom. The number of aromatic carboxylic acids is 1. The zero-order valence-electron chi connectivity index (χ0n) is 10.2. The van der Waals surface area contributed by atoms with E-state index in [1.165, 1.54) is 24.3 Å². The van der Waals surface area contributed by atoms with Gasteiger partial charge in [-0.1, -0.05) is 11.8 Å². The normalized spacial score (nSPS) is 17.7. The number of amides is 2. The predicted molar refractivity (Wildman–Crippen MR) is 74.7 cm³/mol. The lowest BCUT2D eigenvalue weighted by Crippen LogP contribution is -2.21. The molecule has 0 bridgehead atoms. The summed E-state index contributed by atoms with van der Waals surface area (Å²) in [7, 11) is 0. The molecule has 8 heteroatoms. The standard InChI is InChI=1S/C12H11N3O4S/c13-12-15-10(17)8(20-12)5-9(16)14-7-3-1-6(2-4-7)11(18)19/h1-4,8H,5H2,(H,14,16)(H,18,19)(H2,13,15,17)/t8-/m0/s1. The molecule has 0 saturated carbocycles. The molecule has 0 unspecified atom stereocenters. The van der Waals surface area contributed by atoms with Gasteiger partial charge in [-0.3, -0.25) is 9.59 Å². The number of aliphatic imine (C=N–C) groups is 1. The van der Waals surface area contributed by atoms with Gasteiger partial charge in [-0.05, 0) is 24.3 Å². The first kappa shape index (κ1) is 14.1. The Morgan fingerprint density at radius 2 is 2.00 bits per heavy atom. The smallest absolute Gasteiger partial charge is 0.335 e. The molecule has 0 fully saturated rings. The molecule has 0 radical (unpaired) electrons. The molecule has 104 valence electrons. The Morgan fingerprint density at radius 3 is 2.50 bits per heavy atom. The fourth-order valence-electron chi connectivity index (χ4n) is 1.61. The number of carboxylic acids is 1. The summed E-state index contributed by atoms with van der Waals surface area (Å²) in [5.41, 5.74) is 5.99. The molecule has 1 aliphatic heterocycles. The highest BCUT2D eigenvalue weighted by atomic mass is 32.2. The van der Waals surface area contributed by atoms with Gasteiger partial charge in [0.05, 0.1) is 5.56 Å². The second kappa shape index (κ2) is 5.74. The third kappa shape index (κ3) is 3.35. The average Bonchev–Trinajstić information content (AvgIpc) is 2.68. The number of rotatable bonds is 4. The third-order valence-electron chi connectivity index (χ3n) is 2.55. The van der Waals surface area contributed by atoms with Gasteiger partial charge in [0.25, 0.3) is 5.91 Å². The number of anilines is 1. The van der Waals surface area contributed by atoms with E-state index in [1.54, 1.807) is 0 Å².